The average molecular weight is 355 g/mol. The van der Waals surface area contributed by atoms with E-state index in [1.54, 1.807) is 13.0 Å². The quantitative estimate of drug-likeness (QED) is 0.444. The molecule has 1 aromatic rings. The second-order valence-corrected chi connectivity index (χ2v) is 6.14. The third-order valence-electron chi connectivity index (χ3n) is 3.58. The van der Waals surface area contributed by atoms with Gasteiger partial charge in [-0.15, -0.1) is 0 Å². The van der Waals surface area contributed by atoms with Gasteiger partial charge in [0.25, 0.3) is 5.78 Å². The van der Waals surface area contributed by atoms with E-state index in [0.29, 0.717) is 22.7 Å². The molecule has 1 aromatic carbocycles. The number of ketones is 1. The fourth-order valence-corrected chi connectivity index (χ4v) is 2.90. The highest BCUT2D eigenvalue weighted by atomic mass is 79.9. The maximum Gasteiger partial charge on any atom is 0.379 e. The van der Waals surface area contributed by atoms with Gasteiger partial charge in [0.1, 0.15) is 5.75 Å². The smallest absolute Gasteiger partial charge is 0.379 e. The average Bonchev–Trinajstić information content (AvgIpc) is 2.38. The summed E-state index contributed by atoms with van der Waals surface area (Å²) in [7, 11) is 0. The molecule has 1 aliphatic rings. The van der Waals surface area contributed by atoms with Crippen molar-refractivity contribution in [1.82, 2.24) is 0 Å². The van der Waals surface area contributed by atoms with Crippen LogP contribution in [0.1, 0.15) is 42.1 Å². The lowest BCUT2D eigenvalue weighted by atomic mass is 9.86. The van der Waals surface area contributed by atoms with E-state index < -0.39 is 11.8 Å². The fraction of sp³-hybridized carbons (Fsp3) is 0.500. The Balaban J connectivity index is 2.24. The number of rotatable bonds is 6. The number of carbonyl (C=O) groups is 2. The molecule has 0 radical (unpaired) electrons. The van der Waals surface area contributed by atoms with Crippen LogP contribution < -0.4 is 4.74 Å². The number of Topliss-reactive ketones (excluding diaryl/α,β-unsaturated/α-hetero) is 1. The van der Waals surface area contributed by atoms with Crippen LogP contribution in [0.4, 0.5) is 0 Å². The highest BCUT2D eigenvalue weighted by Gasteiger charge is 2.25. The van der Waals surface area contributed by atoms with E-state index in [0.717, 1.165) is 18.4 Å². The van der Waals surface area contributed by atoms with E-state index in [1.807, 2.05) is 13.0 Å². The summed E-state index contributed by atoms with van der Waals surface area (Å²) >= 11 is 3.42. The van der Waals surface area contributed by atoms with Gasteiger partial charge in [-0.2, -0.15) is 0 Å². The van der Waals surface area contributed by atoms with Crippen molar-refractivity contribution in [3.63, 3.8) is 0 Å². The minimum absolute atomic E-state index is 0.176. The van der Waals surface area contributed by atoms with Gasteiger partial charge >= 0.3 is 5.97 Å². The molecule has 1 fully saturated rings. The maximum absolute atomic E-state index is 12.2. The van der Waals surface area contributed by atoms with Crippen LogP contribution in [0.5, 0.6) is 5.75 Å². The lowest BCUT2D eigenvalue weighted by molar-refractivity contribution is -0.137. The molecule has 0 unspecified atom stereocenters. The van der Waals surface area contributed by atoms with Crippen LogP contribution in [0.2, 0.25) is 0 Å². The molecule has 114 valence electrons. The van der Waals surface area contributed by atoms with Crippen molar-refractivity contribution in [2.24, 2.45) is 5.92 Å². The van der Waals surface area contributed by atoms with Gasteiger partial charge in [-0.25, -0.2) is 4.79 Å². The van der Waals surface area contributed by atoms with Gasteiger partial charge < -0.3 is 9.47 Å². The van der Waals surface area contributed by atoms with Crippen LogP contribution in [-0.2, 0) is 9.53 Å². The van der Waals surface area contributed by atoms with Crippen molar-refractivity contribution in [3.8, 4) is 5.75 Å². The Morgan fingerprint density at radius 2 is 2.05 bits per heavy atom. The van der Waals surface area contributed by atoms with Gasteiger partial charge in [-0.3, -0.25) is 4.79 Å². The van der Waals surface area contributed by atoms with Crippen LogP contribution in [0.3, 0.4) is 0 Å². The highest BCUT2D eigenvalue weighted by molar-refractivity contribution is 9.10. The molecule has 5 heteroatoms. The first-order chi connectivity index (χ1) is 10.0. The van der Waals surface area contributed by atoms with Crippen LogP contribution in [0.25, 0.3) is 0 Å². The molecular weight excluding hydrogens is 336 g/mol. The van der Waals surface area contributed by atoms with Crippen LogP contribution in [0, 0.1) is 12.8 Å². The molecule has 0 N–H and O–H groups in total. The predicted octanol–water partition coefficient (Wildman–Crippen LogP) is 3.68. The Bertz CT molecular complexity index is 549. The van der Waals surface area contributed by atoms with E-state index in [9.17, 15) is 9.59 Å². The summed E-state index contributed by atoms with van der Waals surface area (Å²) in [6.07, 6.45) is 3.55. The van der Waals surface area contributed by atoms with Crippen molar-refractivity contribution < 1.29 is 19.1 Å². The molecule has 0 saturated heterocycles. The molecule has 4 nitrogen and oxygen atoms in total. The molecule has 1 aliphatic carbocycles. The lowest BCUT2D eigenvalue weighted by Crippen LogP contribution is -2.22. The zero-order valence-electron chi connectivity index (χ0n) is 12.3. The normalized spacial score (nSPS) is 14.4. The Kier molecular flexibility index (Phi) is 5.39. The summed E-state index contributed by atoms with van der Waals surface area (Å²) in [6, 6.07) is 3.54. The van der Waals surface area contributed by atoms with Crippen LogP contribution in [0.15, 0.2) is 16.6 Å². The molecule has 21 heavy (non-hydrogen) atoms. The van der Waals surface area contributed by atoms with Crippen molar-refractivity contribution in [3.05, 3.63) is 27.7 Å². The zero-order chi connectivity index (χ0) is 15.4. The van der Waals surface area contributed by atoms with E-state index in [2.05, 4.69) is 15.9 Å². The molecule has 1 saturated carbocycles. The molecule has 0 aliphatic heterocycles. The molecular formula is C16H19BrO4. The first kappa shape index (κ1) is 16.0. The van der Waals surface area contributed by atoms with Gasteiger partial charge in [0.2, 0.25) is 0 Å². The third-order valence-corrected chi connectivity index (χ3v) is 4.17. The molecule has 0 bridgehead atoms. The lowest BCUT2D eigenvalue weighted by Gasteiger charge is -2.26. The number of ether oxygens (including phenoxy) is 2. The maximum atomic E-state index is 12.2. The Labute approximate surface area is 132 Å². The Morgan fingerprint density at radius 1 is 1.33 bits per heavy atom. The van der Waals surface area contributed by atoms with Gasteiger partial charge in [-0.1, -0.05) is 6.42 Å². The number of hydrogen-bond acceptors (Lipinski definition) is 4. The predicted molar refractivity (Wildman–Crippen MR) is 82.7 cm³/mol. The largest absolute Gasteiger partial charge is 0.491 e. The first-order valence-corrected chi connectivity index (χ1v) is 7.96. The molecule has 0 atom stereocenters. The minimum atomic E-state index is -0.844. The number of aryl methyl sites for hydroxylation is 1. The molecule has 0 aromatic heterocycles. The number of esters is 1. The van der Waals surface area contributed by atoms with Gasteiger partial charge in [0.05, 0.1) is 23.2 Å². The molecule has 0 heterocycles. The minimum Gasteiger partial charge on any atom is -0.491 e. The molecule has 2 rings (SSSR count). The van der Waals surface area contributed by atoms with Gasteiger partial charge in [0.15, 0.2) is 0 Å². The van der Waals surface area contributed by atoms with Crippen LogP contribution >= 0.6 is 15.9 Å². The summed E-state index contributed by atoms with van der Waals surface area (Å²) in [5, 5.41) is 0. The first-order valence-electron chi connectivity index (χ1n) is 7.17. The monoisotopic (exact) mass is 354 g/mol. The number of halogens is 1. The number of benzene rings is 1. The number of hydrogen-bond donors (Lipinski definition) is 0. The van der Waals surface area contributed by atoms with Gasteiger partial charge in [0, 0.05) is 0 Å². The number of carbonyl (C=O) groups excluding carboxylic acids is 2. The SMILES string of the molecule is CCOC(=O)C(=O)c1cc(C)cc(Br)c1OCC1CCC1. The summed E-state index contributed by atoms with van der Waals surface area (Å²) in [4.78, 5) is 23.9. The van der Waals surface area contributed by atoms with Crippen molar-refractivity contribution >= 4 is 27.7 Å². The highest BCUT2D eigenvalue weighted by Crippen LogP contribution is 2.34. The van der Waals surface area contributed by atoms with E-state index in [1.165, 1.54) is 6.42 Å². The summed E-state index contributed by atoms with van der Waals surface area (Å²) in [5.41, 5.74) is 1.14. The zero-order valence-corrected chi connectivity index (χ0v) is 13.9. The van der Waals surface area contributed by atoms with Gasteiger partial charge in [-0.05, 0) is 66.2 Å². The van der Waals surface area contributed by atoms with Crippen molar-refractivity contribution in [1.29, 1.82) is 0 Å². The Hall–Kier alpha value is -1.36. The molecule has 0 spiro atoms. The second kappa shape index (κ2) is 7.07. The molecule has 0 amide bonds. The summed E-state index contributed by atoms with van der Waals surface area (Å²) in [6.45, 7) is 4.29. The Morgan fingerprint density at radius 3 is 2.62 bits per heavy atom. The van der Waals surface area contributed by atoms with Crippen molar-refractivity contribution in [2.45, 2.75) is 33.1 Å². The van der Waals surface area contributed by atoms with E-state index in [-0.39, 0.29) is 12.2 Å². The van der Waals surface area contributed by atoms with E-state index in [4.69, 9.17) is 9.47 Å². The second-order valence-electron chi connectivity index (χ2n) is 5.28. The summed E-state index contributed by atoms with van der Waals surface area (Å²) in [5.74, 6) is -0.525. The standard InChI is InChI=1S/C16H19BrO4/c1-3-20-16(19)14(18)12-7-10(2)8-13(17)15(12)21-9-11-5-4-6-11/h7-8,11H,3-6,9H2,1-2H3. The summed E-state index contributed by atoms with van der Waals surface area (Å²) < 4.78 is 11.3. The van der Waals surface area contributed by atoms with Crippen LogP contribution in [-0.4, -0.2) is 25.0 Å². The third kappa shape index (κ3) is 3.84. The van der Waals surface area contributed by atoms with E-state index >= 15 is 0 Å². The van der Waals surface area contributed by atoms with Crippen molar-refractivity contribution in [2.75, 3.05) is 13.2 Å². The fourth-order valence-electron chi connectivity index (χ4n) is 2.21. The topological polar surface area (TPSA) is 52.6 Å².